The van der Waals surface area contributed by atoms with Crippen molar-refractivity contribution in [2.75, 3.05) is 6.54 Å². The first-order valence-electron chi connectivity index (χ1n) is 3.35. The van der Waals surface area contributed by atoms with Crippen LogP contribution in [0.2, 0.25) is 0 Å². The largest absolute Gasteiger partial charge is 0.303 e. The summed E-state index contributed by atoms with van der Waals surface area (Å²) in [6.45, 7) is 0.849. The van der Waals surface area contributed by atoms with E-state index in [4.69, 9.17) is 5.41 Å². The predicted octanol–water partition coefficient (Wildman–Crippen LogP) is 0.628. The molecule has 2 rings (SSSR count). The summed E-state index contributed by atoms with van der Waals surface area (Å²) in [4.78, 5) is 0. The molecule has 0 aromatic rings. The van der Waals surface area contributed by atoms with Crippen molar-refractivity contribution in [1.82, 2.24) is 10.4 Å². The second-order valence-electron chi connectivity index (χ2n) is 2.39. The lowest BCUT2D eigenvalue weighted by Gasteiger charge is -2.21. The first kappa shape index (κ1) is 5.68. The molecule has 52 valence electrons. The summed E-state index contributed by atoms with van der Waals surface area (Å²) < 4.78 is 0. The molecule has 0 fully saturated rings. The fourth-order valence-corrected chi connectivity index (χ4v) is 1.21. The molecule has 0 bridgehead atoms. The monoisotopic (exact) mass is 135 g/mol. The van der Waals surface area contributed by atoms with E-state index in [0.29, 0.717) is 5.71 Å². The van der Waals surface area contributed by atoms with E-state index in [0.717, 1.165) is 18.7 Å². The molecule has 0 saturated heterocycles. The van der Waals surface area contributed by atoms with Crippen LogP contribution in [-0.4, -0.2) is 17.3 Å². The van der Waals surface area contributed by atoms with Gasteiger partial charge in [0.25, 0.3) is 0 Å². The highest BCUT2D eigenvalue weighted by Gasteiger charge is 2.18. The summed E-state index contributed by atoms with van der Waals surface area (Å²) in [5.41, 5.74) is 4.82. The fraction of sp³-hybridized carbons (Fsp3) is 0.286. The van der Waals surface area contributed by atoms with E-state index >= 15 is 0 Å². The Kier molecular flexibility index (Phi) is 1.11. The van der Waals surface area contributed by atoms with E-state index in [9.17, 15) is 0 Å². The molecular formula is C7H9N3. The molecule has 10 heavy (non-hydrogen) atoms. The summed E-state index contributed by atoms with van der Waals surface area (Å²) in [6, 6.07) is 0. The molecule has 2 N–H and O–H groups in total. The summed E-state index contributed by atoms with van der Waals surface area (Å²) in [5.74, 6) is 0. The number of nitrogens with zero attached hydrogens (tertiary/aromatic N) is 1. The zero-order valence-electron chi connectivity index (χ0n) is 5.59. The van der Waals surface area contributed by atoms with Crippen molar-refractivity contribution in [3.8, 4) is 0 Å². The Morgan fingerprint density at radius 1 is 1.60 bits per heavy atom. The van der Waals surface area contributed by atoms with Crippen molar-refractivity contribution in [3.63, 3.8) is 0 Å². The molecule has 0 unspecified atom stereocenters. The van der Waals surface area contributed by atoms with Crippen LogP contribution in [0.1, 0.15) is 6.42 Å². The van der Waals surface area contributed by atoms with Gasteiger partial charge in [-0.15, -0.1) is 0 Å². The van der Waals surface area contributed by atoms with E-state index < -0.39 is 0 Å². The average Bonchev–Trinajstić information content (AvgIpc) is 2.36. The Morgan fingerprint density at radius 2 is 2.50 bits per heavy atom. The molecule has 0 spiro atoms. The molecule has 0 aromatic heterocycles. The number of rotatable bonds is 0. The van der Waals surface area contributed by atoms with Gasteiger partial charge in [0.1, 0.15) is 0 Å². The van der Waals surface area contributed by atoms with Crippen LogP contribution in [0, 0.1) is 5.41 Å². The summed E-state index contributed by atoms with van der Waals surface area (Å²) in [7, 11) is 0. The van der Waals surface area contributed by atoms with Crippen LogP contribution in [0.15, 0.2) is 24.0 Å². The molecule has 2 aliphatic heterocycles. The molecule has 0 saturated carbocycles. The van der Waals surface area contributed by atoms with Gasteiger partial charge in [-0.1, -0.05) is 6.08 Å². The van der Waals surface area contributed by atoms with Crippen molar-refractivity contribution < 1.29 is 0 Å². The molecule has 3 nitrogen and oxygen atoms in total. The number of hydrazine groups is 1. The van der Waals surface area contributed by atoms with Crippen LogP contribution in [0.4, 0.5) is 0 Å². The van der Waals surface area contributed by atoms with E-state index in [1.54, 1.807) is 0 Å². The first-order valence-corrected chi connectivity index (χ1v) is 3.35. The SMILES string of the molecule is N=C1CC=CN2NCC=C12. The van der Waals surface area contributed by atoms with Gasteiger partial charge in [-0.25, -0.2) is 5.43 Å². The minimum absolute atomic E-state index is 0.701. The first-order chi connectivity index (χ1) is 4.88. The van der Waals surface area contributed by atoms with Crippen molar-refractivity contribution in [2.24, 2.45) is 0 Å². The Hall–Kier alpha value is -1.09. The van der Waals surface area contributed by atoms with Gasteiger partial charge in [-0.05, 0) is 6.08 Å². The summed E-state index contributed by atoms with van der Waals surface area (Å²) in [6.07, 6.45) is 6.75. The van der Waals surface area contributed by atoms with Gasteiger partial charge in [0.2, 0.25) is 0 Å². The lowest BCUT2D eigenvalue weighted by molar-refractivity contribution is 0.397. The normalized spacial score (nSPS) is 23.0. The minimum atomic E-state index is 0.701. The van der Waals surface area contributed by atoms with E-state index in [1.807, 2.05) is 23.4 Å². The van der Waals surface area contributed by atoms with Crippen LogP contribution in [0.5, 0.6) is 0 Å². The minimum Gasteiger partial charge on any atom is -0.303 e. The van der Waals surface area contributed by atoms with Gasteiger partial charge in [-0.3, -0.25) is 5.01 Å². The van der Waals surface area contributed by atoms with Crippen molar-refractivity contribution in [1.29, 1.82) is 5.41 Å². The van der Waals surface area contributed by atoms with Crippen LogP contribution in [0.3, 0.4) is 0 Å². The molecule has 0 amide bonds. The molecular weight excluding hydrogens is 126 g/mol. The van der Waals surface area contributed by atoms with Gasteiger partial charge in [-0.2, -0.15) is 0 Å². The molecule has 2 aliphatic rings. The maximum absolute atomic E-state index is 7.52. The fourth-order valence-electron chi connectivity index (χ4n) is 1.21. The van der Waals surface area contributed by atoms with Gasteiger partial charge < -0.3 is 5.41 Å². The molecule has 0 aliphatic carbocycles. The zero-order chi connectivity index (χ0) is 6.97. The quantitative estimate of drug-likeness (QED) is 0.511. The molecule has 0 radical (unpaired) electrons. The standard InChI is InChI=1S/C7H9N3/c8-6-2-1-5-10-7(6)3-4-9-10/h1,3,5,8-9H,2,4H2. The van der Waals surface area contributed by atoms with Gasteiger partial charge in [0.15, 0.2) is 0 Å². The maximum Gasteiger partial charge on any atom is 0.0755 e. The third kappa shape index (κ3) is 0.675. The van der Waals surface area contributed by atoms with Gasteiger partial charge >= 0.3 is 0 Å². The smallest absolute Gasteiger partial charge is 0.0755 e. The maximum atomic E-state index is 7.52. The highest BCUT2D eigenvalue weighted by Crippen LogP contribution is 2.15. The Labute approximate surface area is 59.5 Å². The number of fused-ring (bicyclic) bond motifs is 1. The van der Waals surface area contributed by atoms with E-state index in [-0.39, 0.29) is 0 Å². The Balaban J connectivity index is 2.35. The predicted molar refractivity (Wildman–Crippen MR) is 39.4 cm³/mol. The topological polar surface area (TPSA) is 39.1 Å². The highest BCUT2D eigenvalue weighted by atomic mass is 15.5. The molecule has 0 aromatic carbocycles. The third-order valence-electron chi connectivity index (χ3n) is 1.70. The molecule has 3 heteroatoms. The lowest BCUT2D eigenvalue weighted by atomic mass is 10.1. The van der Waals surface area contributed by atoms with Gasteiger partial charge in [0, 0.05) is 19.2 Å². The van der Waals surface area contributed by atoms with Crippen LogP contribution >= 0.6 is 0 Å². The lowest BCUT2D eigenvalue weighted by Crippen LogP contribution is -2.31. The molecule has 2 heterocycles. The number of nitrogens with one attached hydrogen (secondary N) is 2. The average molecular weight is 135 g/mol. The highest BCUT2D eigenvalue weighted by molar-refractivity contribution is 5.99. The van der Waals surface area contributed by atoms with Gasteiger partial charge in [0.05, 0.1) is 11.4 Å². The Morgan fingerprint density at radius 3 is 3.30 bits per heavy atom. The zero-order valence-corrected chi connectivity index (χ0v) is 5.59. The van der Waals surface area contributed by atoms with Crippen molar-refractivity contribution in [2.45, 2.75) is 6.42 Å². The second-order valence-corrected chi connectivity index (χ2v) is 2.39. The summed E-state index contributed by atoms with van der Waals surface area (Å²) >= 11 is 0. The van der Waals surface area contributed by atoms with Crippen LogP contribution < -0.4 is 5.43 Å². The van der Waals surface area contributed by atoms with Crippen LogP contribution in [0.25, 0.3) is 0 Å². The Bertz CT molecular complexity index is 227. The van der Waals surface area contributed by atoms with Crippen molar-refractivity contribution >= 4 is 5.71 Å². The van der Waals surface area contributed by atoms with E-state index in [2.05, 4.69) is 5.43 Å². The van der Waals surface area contributed by atoms with E-state index in [1.165, 1.54) is 0 Å². The second kappa shape index (κ2) is 1.95. The number of hydrogen-bond acceptors (Lipinski definition) is 3. The van der Waals surface area contributed by atoms with Crippen LogP contribution in [-0.2, 0) is 0 Å². The number of hydrogen-bond donors (Lipinski definition) is 2. The van der Waals surface area contributed by atoms with Crippen molar-refractivity contribution in [3.05, 3.63) is 24.0 Å². The third-order valence-corrected chi connectivity index (χ3v) is 1.70. The molecule has 0 atom stereocenters. The number of allylic oxidation sites excluding steroid dienone is 2. The summed E-state index contributed by atoms with van der Waals surface area (Å²) in [5, 5.41) is 9.41.